The van der Waals surface area contributed by atoms with Gasteiger partial charge >= 0.3 is 0 Å². The highest BCUT2D eigenvalue weighted by molar-refractivity contribution is 9.11. The van der Waals surface area contributed by atoms with Gasteiger partial charge in [0.15, 0.2) is 0 Å². The van der Waals surface area contributed by atoms with E-state index in [-0.39, 0.29) is 0 Å². The average Bonchev–Trinajstić information content (AvgIpc) is 2.66. The fourth-order valence-corrected chi connectivity index (χ4v) is 3.89. The second-order valence-electron chi connectivity index (χ2n) is 3.18. The van der Waals surface area contributed by atoms with Crippen molar-refractivity contribution in [2.45, 2.75) is 10.6 Å². The van der Waals surface area contributed by atoms with E-state index in [4.69, 9.17) is 17.3 Å². The van der Waals surface area contributed by atoms with Gasteiger partial charge in [-0.15, -0.1) is 23.1 Å². The number of nitrogens with two attached hydrogens (primary N) is 1. The fourth-order valence-electron chi connectivity index (χ4n) is 1.18. The van der Waals surface area contributed by atoms with Crippen molar-refractivity contribution in [2.75, 3.05) is 5.73 Å². The number of rotatable bonds is 3. The van der Waals surface area contributed by atoms with E-state index >= 15 is 0 Å². The second-order valence-corrected chi connectivity index (χ2v) is 7.18. The molecule has 2 rings (SSSR count). The van der Waals surface area contributed by atoms with Gasteiger partial charge in [-0.2, -0.15) is 0 Å². The Balaban J connectivity index is 2.02. The maximum absolute atomic E-state index is 5.96. The molecule has 1 aromatic carbocycles. The zero-order valence-electron chi connectivity index (χ0n) is 8.24. The van der Waals surface area contributed by atoms with E-state index in [0.717, 1.165) is 10.6 Å². The third kappa shape index (κ3) is 3.17. The summed E-state index contributed by atoms with van der Waals surface area (Å²) in [7, 11) is 0. The van der Waals surface area contributed by atoms with Crippen molar-refractivity contribution in [3.8, 4) is 0 Å². The number of hydrogen-bond acceptors (Lipinski definition) is 3. The Morgan fingerprint density at radius 2 is 2.12 bits per heavy atom. The van der Waals surface area contributed by atoms with Crippen LogP contribution in [0.15, 0.2) is 39.0 Å². The highest BCUT2D eigenvalue weighted by Crippen LogP contribution is 2.31. The van der Waals surface area contributed by atoms with Crippen LogP contribution in [0.2, 0.25) is 5.02 Å². The molecule has 0 bridgehead atoms. The van der Waals surface area contributed by atoms with Crippen molar-refractivity contribution in [2.24, 2.45) is 0 Å². The first-order valence-electron chi connectivity index (χ1n) is 4.57. The van der Waals surface area contributed by atoms with Gasteiger partial charge in [-0.3, -0.25) is 0 Å². The summed E-state index contributed by atoms with van der Waals surface area (Å²) in [5.41, 5.74) is 6.28. The van der Waals surface area contributed by atoms with Crippen molar-refractivity contribution in [1.82, 2.24) is 0 Å². The number of nitrogen functional groups attached to an aromatic ring is 1. The average molecular weight is 335 g/mol. The van der Waals surface area contributed by atoms with Crippen LogP contribution in [0.5, 0.6) is 0 Å². The lowest BCUT2D eigenvalue weighted by atomic mass is 10.3. The minimum atomic E-state index is 0.623. The van der Waals surface area contributed by atoms with Gasteiger partial charge in [0.05, 0.1) is 14.5 Å². The van der Waals surface area contributed by atoms with Crippen LogP contribution in [-0.2, 0) is 5.75 Å². The van der Waals surface area contributed by atoms with E-state index in [2.05, 4.69) is 28.1 Å². The van der Waals surface area contributed by atoms with Crippen molar-refractivity contribution in [1.29, 1.82) is 0 Å². The second kappa shape index (κ2) is 5.45. The topological polar surface area (TPSA) is 26.0 Å². The van der Waals surface area contributed by atoms with E-state index in [0.29, 0.717) is 10.7 Å². The Kier molecular flexibility index (Phi) is 4.19. The number of hydrogen-bond donors (Lipinski definition) is 1. The van der Waals surface area contributed by atoms with E-state index in [9.17, 15) is 0 Å². The van der Waals surface area contributed by atoms with Gasteiger partial charge < -0.3 is 5.73 Å². The molecule has 5 heteroatoms. The zero-order chi connectivity index (χ0) is 11.5. The summed E-state index contributed by atoms with van der Waals surface area (Å²) in [4.78, 5) is 2.48. The van der Waals surface area contributed by atoms with E-state index < -0.39 is 0 Å². The van der Waals surface area contributed by atoms with Crippen LogP contribution in [0.4, 0.5) is 5.69 Å². The van der Waals surface area contributed by atoms with Crippen molar-refractivity contribution in [3.63, 3.8) is 0 Å². The van der Waals surface area contributed by atoms with Gasteiger partial charge in [0, 0.05) is 15.5 Å². The fraction of sp³-hybridized carbons (Fsp3) is 0.0909. The minimum absolute atomic E-state index is 0.623. The molecule has 0 radical (unpaired) electrons. The number of thiophene rings is 1. The van der Waals surface area contributed by atoms with Gasteiger partial charge in [0.1, 0.15) is 0 Å². The summed E-state index contributed by atoms with van der Waals surface area (Å²) in [6.07, 6.45) is 0. The lowest BCUT2D eigenvalue weighted by Gasteiger charge is -2.02. The quantitative estimate of drug-likeness (QED) is 0.628. The summed E-state index contributed by atoms with van der Waals surface area (Å²) in [5.74, 6) is 0.955. The summed E-state index contributed by atoms with van der Waals surface area (Å²) in [6, 6.07) is 9.94. The highest BCUT2D eigenvalue weighted by Gasteiger charge is 2.02. The van der Waals surface area contributed by atoms with Gasteiger partial charge in [-0.05, 0) is 46.3 Å². The first-order valence-corrected chi connectivity index (χ1v) is 7.54. The summed E-state index contributed by atoms with van der Waals surface area (Å²) in [6.45, 7) is 0. The Bertz CT molecular complexity index is 498. The molecule has 1 nitrogen and oxygen atoms in total. The van der Waals surface area contributed by atoms with Crippen LogP contribution in [0, 0.1) is 0 Å². The zero-order valence-corrected chi connectivity index (χ0v) is 12.2. The Labute approximate surface area is 116 Å². The SMILES string of the molecule is Nc1ccc(SCc2ccc(Br)s2)cc1Cl. The number of thioether (sulfide) groups is 1. The Hall–Kier alpha value is -0.160. The molecular formula is C11H9BrClNS2. The monoisotopic (exact) mass is 333 g/mol. The lowest BCUT2D eigenvalue weighted by Crippen LogP contribution is -1.85. The Morgan fingerprint density at radius 3 is 2.75 bits per heavy atom. The van der Waals surface area contributed by atoms with Crippen LogP contribution in [0.25, 0.3) is 0 Å². The molecular weight excluding hydrogens is 326 g/mol. The summed E-state index contributed by atoms with van der Waals surface area (Å²) >= 11 is 12.9. The maximum Gasteiger partial charge on any atom is 0.0701 e. The molecule has 0 unspecified atom stereocenters. The number of benzene rings is 1. The van der Waals surface area contributed by atoms with E-state index in [1.165, 1.54) is 8.66 Å². The molecule has 2 N–H and O–H groups in total. The first-order chi connectivity index (χ1) is 7.65. The molecule has 84 valence electrons. The van der Waals surface area contributed by atoms with Gasteiger partial charge in [-0.25, -0.2) is 0 Å². The molecule has 0 fully saturated rings. The Morgan fingerprint density at radius 1 is 1.31 bits per heavy atom. The summed E-state index contributed by atoms with van der Waals surface area (Å²) < 4.78 is 1.17. The van der Waals surface area contributed by atoms with Gasteiger partial charge in [-0.1, -0.05) is 11.6 Å². The van der Waals surface area contributed by atoms with E-state index in [1.54, 1.807) is 23.1 Å². The van der Waals surface area contributed by atoms with Crippen molar-refractivity contribution in [3.05, 3.63) is 44.0 Å². The molecule has 0 aliphatic rings. The van der Waals surface area contributed by atoms with Crippen LogP contribution >= 0.6 is 50.6 Å². The molecule has 16 heavy (non-hydrogen) atoms. The maximum atomic E-state index is 5.96. The van der Waals surface area contributed by atoms with Gasteiger partial charge in [0.2, 0.25) is 0 Å². The van der Waals surface area contributed by atoms with Crippen LogP contribution in [0.1, 0.15) is 4.88 Å². The van der Waals surface area contributed by atoms with Crippen molar-refractivity contribution >= 4 is 56.3 Å². The molecule has 0 atom stereocenters. The molecule has 1 aromatic heterocycles. The van der Waals surface area contributed by atoms with Crippen LogP contribution < -0.4 is 5.73 Å². The third-order valence-electron chi connectivity index (χ3n) is 1.98. The molecule has 0 aliphatic carbocycles. The molecule has 0 saturated carbocycles. The molecule has 0 aliphatic heterocycles. The minimum Gasteiger partial charge on any atom is -0.398 e. The van der Waals surface area contributed by atoms with E-state index in [1.807, 2.05) is 18.2 Å². The highest BCUT2D eigenvalue weighted by atomic mass is 79.9. The first kappa shape index (κ1) is 12.3. The normalized spacial score (nSPS) is 10.6. The van der Waals surface area contributed by atoms with Crippen LogP contribution in [-0.4, -0.2) is 0 Å². The summed E-state index contributed by atoms with van der Waals surface area (Å²) in [5, 5.41) is 0.623. The predicted molar refractivity (Wildman–Crippen MR) is 77.4 cm³/mol. The number of anilines is 1. The molecule has 2 aromatic rings. The van der Waals surface area contributed by atoms with Gasteiger partial charge in [0.25, 0.3) is 0 Å². The van der Waals surface area contributed by atoms with Crippen molar-refractivity contribution < 1.29 is 0 Å². The largest absolute Gasteiger partial charge is 0.398 e. The standard InChI is InChI=1S/C11H9BrClNS2/c12-11-4-2-8(16-11)6-15-7-1-3-10(14)9(13)5-7/h1-5H,6,14H2. The predicted octanol–water partition coefficient (Wildman–Crippen LogP) is 5.04. The third-order valence-corrected chi connectivity index (χ3v) is 5.16. The lowest BCUT2D eigenvalue weighted by molar-refractivity contribution is 1.43. The molecule has 0 saturated heterocycles. The molecule has 0 spiro atoms. The molecule has 0 amide bonds. The number of halogens is 2. The smallest absolute Gasteiger partial charge is 0.0701 e. The molecule has 1 heterocycles. The van der Waals surface area contributed by atoms with Crippen LogP contribution in [0.3, 0.4) is 0 Å².